The zero-order valence-electron chi connectivity index (χ0n) is 9.48. The Labute approximate surface area is 119 Å². The Morgan fingerprint density at radius 3 is 2.20 bits per heavy atom. The number of rotatable bonds is 3. The summed E-state index contributed by atoms with van der Waals surface area (Å²) in [5.74, 6) is -4.36. The molecule has 0 radical (unpaired) electrons. The molecule has 0 unspecified atom stereocenters. The monoisotopic (exact) mass is 330 g/mol. The van der Waals surface area contributed by atoms with Crippen LogP contribution in [-0.4, -0.2) is 9.78 Å². The van der Waals surface area contributed by atoms with Gasteiger partial charge in [-0.15, -0.1) is 11.6 Å². The molecule has 1 aromatic heterocycles. The number of halogens is 7. The summed E-state index contributed by atoms with van der Waals surface area (Å²) in [7, 11) is 0. The van der Waals surface area contributed by atoms with E-state index in [0.29, 0.717) is 10.7 Å². The van der Waals surface area contributed by atoms with Crippen LogP contribution in [0.25, 0.3) is 5.69 Å². The maximum absolute atomic E-state index is 13.6. The minimum absolute atomic E-state index is 0.201. The molecule has 0 aliphatic heterocycles. The molecule has 0 saturated carbocycles. The lowest BCUT2D eigenvalue weighted by Crippen LogP contribution is -2.03. The first-order chi connectivity index (χ1) is 9.36. The van der Waals surface area contributed by atoms with Crippen LogP contribution in [0, 0.1) is 17.5 Å². The van der Waals surface area contributed by atoms with Gasteiger partial charge in [0, 0.05) is 17.7 Å². The summed E-state index contributed by atoms with van der Waals surface area (Å²) in [6.07, 6.45) is -2.99. The number of hydrogen-bond donors (Lipinski definition) is 0. The molecule has 108 valence electrons. The Morgan fingerprint density at radius 2 is 1.70 bits per heavy atom. The Hall–Kier alpha value is -1.34. The van der Waals surface area contributed by atoms with E-state index >= 15 is 0 Å². The largest absolute Gasteiger partial charge is 0.282 e. The number of alkyl halides is 3. The highest BCUT2D eigenvalue weighted by atomic mass is 35.5. The third kappa shape index (κ3) is 2.47. The van der Waals surface area contributed by atoms with Crippen molar-refractivity contribution < 1.29 is 22.0 Å². The molecule has 0 saturated heterocycles. The van der Waals surface area contributed by atoms with Gasteiger partial charge in [0.25, 0.3) is 6.43 Å². The minimum atomic E-state index is -2.99. The second-order valence-electron chi connectivity index (χ2n) is 3.72. The highest BCUT2D eigenvalue weighted by Crippen LogP contribution is 2.32. The highest BCUT2D eigenvalue weighted by molar-refractivity contribution is 6.31. The van der Waals surface area contributed by atoms with Crippen molar-refractivity contribution in [2.45, 2.75) is 12.3 Å². The normalized spacial score (nSPS) is 11.4. The molecule has 0 aliphatic rings. The third-order valence-electron chi connectivity index (χ3n) is 2.51. The lowest BCUT2D eigenvalue weighted by molar-refractivity contribution is 0.144. The van der Waals surface area contributed by atoms with Crippen LogP contribution >= 0.6 is 23.2 Å². The molecule has 1 aromatic carbocycles. The van der Waals surface area contributed by atoms with Crippen LogP contribution < -0.4 is 0 Å². The predicted molar refractivity (Wildman–Crippen MR) is 63.0 cm³/mol. The fourth-order valence-corrected chi connectivity index (χ4v) is 2.20. The van der Waals surface area contributed by atoms with Crippen LogP contribution in [0.3, 0.4) is 0 Å². The molecule has 0 amide bonds. The molecule has 0 atom stereocenters. The Balaban J connectivity index is 2.67. The first-order valence-electron chi connectivity index (χ1n) is 5.13. The molecule has 0 fully saturated rings. The van der Waals surface area contributed by atoms with E-state index in [9.17, 15) is 22.0 Å². The van der Waals surface area contributed by atoms with E-state index in [2.05, 4.69) is 5.10 Å². The van der Waals surface area contributed by atoms with Gasteiger partial charge in [0.05, 0.1) is 5.88 Å². The first-order valence-corrected chi connectivity index (χ1v) is 6.04. The van der Waals surface area contributed by atoms with Crippen LogP contribution in [0.5, 0.6) is 0 Å². The van der Waals surface area contributed by atoms with Gasteiger partial charge in [-0.2, -0.15) is 5.10 Å². The highest BCUT2D eigenvalue weighted by Gasteiger charge is 2.25. The lowest BCUT2D eigenvalue weighted by Gasteiger charge is -2.05. The van der Waals surface area contributed by atoms with Crippen molar-refractivity contribution in [1.29, 1.82) is 0 Å². The van der Waals surface area contributed by atoms with Gasteiger partial charge in [-0.25, -0.2) is 26.6 Å². The van der Waals surface area contributed by atoms with E-state index in [4.69, 9.17) is 23.2 Å². The van der Waals surface area contributed by atoms with E-state index in [1.54, 1.807) is 0 Å². The predicted octanol–water partition coefficient (Wildman–Crippen LogP) is 4.62. The molecule has 2 nitrogen and oxygen atoms in total. The second kappa shape index (κ2) is 5.57. The fourth-order valence-electron chi connectivity index (χ4n) is 1.58. The Morgan fingerprint density at radius 1 is 1.10 bits per heavy atom. The van der Waals surface area contributed by atoms with Crippen molar-refractivity contribution in [2.24, 2.45) is 0 Å². The molecular weight excluding hydrogens is 326 g/mol. The average molecular weight is 331 g/mol. The van der Waals surface area contributed by atoms with E-state index in [0.717, 1.165) is 0 Å². The smallest absolute Gasteiger partial charge is 0.218 e. The first kappa shape index (κ1) is 15.1. The molecule has 2 aromatic rings. The average Bonchev–Trinajstić information content (AvgIpc) is 2.71. The van der Waals surface area contributed by atoms with Gasteiger partial charge in [0.1, 0.15) is 16.5 Å². The van der Waals surface area contributed by atoms with Crippen molar-refractivity contribution in [2.75, 3.05) is 0 Å². The Kier molecular flexibility index (Phi) is 4.19. The van der Waals surface area contributed by atoms with Gasteiger partial charge in [-0.05, 0) is 0 Å². The number of benzene rings is 1. The molecule has 0 aliphatic carbocycles. The van der Waals surface area contributed by atoms with E-state index in [1.807, 2.05) is 0 Å². The summed E-state index contributed by atoms with van der Waals surface area (Å²) in [6, 6.07) is 0.738. The molecular formula is C11H5Cl2F5N2. The summed E-state index contributed by atoms with van der Waals surface area (Å²) < 4.78 is 65.6. The lowest BCUT2D eigenvalue weighted by atomic mass is 10.2. The summed E-state index contributed by atoms with van der Waals surface area (Å²) in [5.41, 5.74) is -1.53. The van der Waals surface area contributed by atoms with Gasteiger partial charge in [0.2, 0.25) is 0 Å². The van der Waals surface area contributed by atoms with Crippen molar-refractivity contribution >= 4 is 23.2 Å². The van der Waals surface area contributed by atoms with Gasteiger partial charge in [0.15, 0.2) is 17.5 Å². The molecule has 0 N–H and O–H groups in total. The van der Waals surface area contributed by atoms with E-state index in [-0.39, 0.29) is 22.7 Å². The molecule has 9 heteroatoms. The van der Waals surface area contributed by atoms with Crippen molar-refractivity contribution in [1.82, 2.24) is 9.78 Å². The topological polar surface area (TPSA) is 17.8 Å². The van der Waals surface area contributed by atoms with Crippen LogP contribution in [0.2, 0.25) is 5.15 Å². The molecule has 2 rings (SSSR count). The molecule has 0 spiro atoms. The second-order valence-corrected chi connectivity index (χ2v) is 4.34. The maximum Gasteiger partial charge on any atom is 0.282 e. The Bertz CT molecular complexity index is 657. The summed E-state index contributed by atoms with van der Waals surface area (Å²) in [6.45, 7) is 0. The summed E-state index contributed by atoms with van der Waals surface area (Å²) >= 11 is 11.3. The minimum Gasteiger partial charge on any atom is -0.218 e. The van der Waals surface area contributed by atoms with Crippen LogP contribution in [-0.2, 0) is 5.88 Å². The van der Waals surface area contributed by atoms with Crippen molar-refractivity contribution in [3.63, 3.8) is 0 Å². The number of aromatic nitrogens is 2. The standard InChI is InChI=1S/C11H5Cl2F5N2/c12-3-4-9(11(17)18)19-20(10(4)13)8-2-6(15)5(14)1-7(8)16/h1-2,11H,3H2. The zero-order valence-corrected chi connectivity index (χ0v) is 11.0. The van der Waals surface area contributed by atoms with Gasteiger partial charge < -0.3 is 0 Å². The van der Waals surface area contributed by atoms with Gasteiger partial charge in [-0.3, -0.25) is 0 Å². The summed E-state index contributed by atoms with van der Waals surface area (Å²) in [4.78, 5) is 0. The molecule has 0 bridgehead atoms. The number of nitrogens with zero attached hydrogens (tertiary/aromatic N) is 2. The molecule has 20 heavy (non-hydrogen) atoms. The molecule has 1 heterocycles. The van der Waals surface area contributed by atoms with Crippen molar-refractivity contribution in [3.05, 3.63) is 46.0 Å². The van der Waals surface area contributed by atoms with Gasteiger partial charge >= 0.3 is 0 Å². The van der Waals surface area contributed by atoms with Crippen LogP contribution in [0.4, 0.5) is 22.0 Å². The van der Waals surface area contributed by atoms with Crippen LogP contribution in [0.15, 0.2) is 12.1 Å². The SMILES string of the molecule is Fc1cc(F)c(-n2nc(C(F)F)c(CCl)c2Cl)cc1F. The van der Waals surface area contributed by atoms with Crippen LogP contribution in [0.1, 0.15) is 17.7 Å². The van der Waals surface area contributed by atoms with E-state index < -0.39 is 35.3 Å². The third-order valence-corrected chi connectivity index (χ3v) is 3.17. The number of hydrogen-bond acceptors (Lipinski definition) is 1. The zero-order chi connectivity index (χ0) is 15.0. The maximum atomic E-state index is 13.6. The quantitative estimate of drug-likeness (QED) is 0.456. The van der Waals surface area contributed by atoms with Crippen molar-refractivity contribution in [3.8, 4) is 5.69 Å². The van der Waals surface area contributed by atoms with E-state index in [1.165, 1.54) is 0 Å². The summed E-state index contributed by atoms with van der Waals surface area (Å²) in [5, 5.41) is 3.01. The fraction of sp³-hybridized carbons (Fsp3) is 0.182. The van der Waals surface area contributed by atoms with Gasteiger partial charge in [-0.1, -0.05) is 11.6 Å².